The van der Waals surface area contributed by atoms with E-state index in [1.807, 2.05) is 13.8 Å². The molecule has 0 aromatic heterocycles. The predicted molar refractivity (Wildman–Crippen MR) is 67.6 cm³/mol. The minimum absolute atomic E-state index is 0.382. The lowest BCUT2D eigenvalue weighted by Crippen LogP contribution is -2.44. The molecule has 1 aromatic carbocycles. The average Bonchev–Trinajstić information content (AvgIpc) is 2.32. The van der Waals surface area contributed by atoms with Crippen molar-refractivity contribution in [2.75, 3.05) is 0 Å². The van der Waals surface area contributed by atoms with Crippen molar-refractivity contribution in [1.82, 2.24) is 0 Å². The minimum atomic E-state index is -4.37. The van der Waals surface area contributed by atoms with Gasteiger partial charge in [0.15, 0.2) is 0 Å². The van der Waals surface area contributed by atoms with Crippen LogP contribution >= 0.6 is 0 Å². The zero-order valence-corrected chi connectivity index (χ0v) is 11.2. The molecule has 4 heteroatoms. The Morgan fingerprint density at radius 3 is 2.32 bits per heavy atom. The molecule has 2 rings (SSSR count). The molecule has 0 aliphatic heterocycles. The number of hydrogen-bond donors (Lipinski definition) is 1. The molecule has 1 N–H and O–H groups in total. The highest BCUT2D eigenvalue weighted by molar-refractivity contribution is 5.32. The maximum absolute atomic E-state index is 12.8. The monoisotopic (exact) mass is 272 g/mol. The van der Waals surface area contributed by atoms with Crippen molar-refractivity contribution in [3.8, 4) is 0 Å². The van der Waals surface area contributed by atoms with Crippen LogP contribution in [0.2, 0.25) is 0 Å². The fourth-order valence-corrected chi connectivity index (χ4v) is 2.98. The van der Waals surface area contributed by atoms with E-state index in [9.17, 15) is 18.3 Å². The van der Waals surface area contributed by atoms with Gasteiger partial charge >= 0.3 is 6.18 Å². The maximum atomic E-state index is 12.8. The summed E-state index contributed by atoms with van der Waals surface area (Å²) in [6.45, 7) is 3.85. The summed E-state index contributed by atoms with van der Waals surface area (Å²) in [5.41, 5.74) is -1.89. The number of rotatable bonds is 1. The van der Waals surface area contributed by atoms with Gasteiger partial charge in [-0.3, -0.25) is 0 Å². The molecule has 0 heterocycles. The summed E-state index contributed by atoms with van der Waals surface area (Å²) < 4.78 is 38.3. The van der Waals surface area contributed by atoms with Crippen LogP contribution in [0.1, 0.15) is 50.7 Å². The first-order chi connectivity index (χ1) is 8.67. The highest BCUT2D eigenvalue weighted by Gasteiger charge is 2.47. The molecule has 1 aliphatic rings. The average molecular weight is 272 g/mol. The summed E-state index contributed by atoms with van der Waals surface area (Å²) in [4.78, 5) is 0. The quantitative estimate of drug-likeness (QED) is 0.798. The first-order valence-electron chi connectivity index (χ1n) is 6.57. The van der Waals surface area contributed by atoms with E-state index in [0.717, 1.165) is 31.4 Å². The van der Waals surface area contributed by atoms with E-state index >= 15 is 0 Å². The molecule has 0 bridgehead atoms. The molecule has 1 atom stereocenters. The molecule has 0 spiro atoms. The maximum Gasteiger partial charge on any atom is 0.416 e. The van der Waals surface area contributed by atoms with Gasteiger partial charge in [-0.25, -0.2) is 0 Å². The lowest BCUT2D eigenvalue weighted by atomic mass is 9.62. The van der Waals surface area contributed by atoms with Gasteiger partial charge in [-0.2, -0.15) is 13.2 Å². The van der Waals surface area contributed by atoms with E-state index in [2.05, 4.69) is 0 Å². The van der Waals surface area contributed by atoms with Crippen molar-refractivity contribution < 1.29 is 18.3 Å². The molecule has 1 fully saturated rings. The zero-order valence-electron chi connectivity index (χ0n) is 11.2. The molecule has 0 amide bonds. The highest BCUT2D eigenvalue weighted by atomic mass is 19.4. The van der Waals surface area contributed by atoms with E-state index in [1.54, 1.807) is 6.07 Å². The third-order valence-corrected chi connectivity index (χ3v) is 4.38. The van der Waals surface area contributed by atoms with Gasteiger partial charge in [-0.1, -0.05) is 38.8 Å². The smallest absolute Gasteiger partial charge is 0.385 e. The number of alkyl halides is 3. The Kier molecular flexibility index (Phi) is 3.42. The van der Waals surface area contributed by atoms with Crippen molar-refractivity contribution in [3.63, 3.8) is 0 Å². The van der Waals surface area contributed by atoms with Gasteiger partial charge in [0.25, 0.3) is 0 Å². The lowest BCUT2D eigenvalue weighted by molar-refractivity contribution is -0.138. The van der Waals surface area contributed by atoms with Gasteiger partial charge in [-0.15, -0.1) is 0 Å². The molecular formula is C15H19F3O. The standard InChI is InChI=1S/C15H19F3O/c1-13(2)8-3-4-9-14(13,19)11-6-5-7-12(10-11)15(16,17)18/h5-7,10,19H,3-4,8-9H2,1-2H3. The van der Waals surface area contributed by atoms with Crippen LogP contribution in [0, 0.1) is 5.41 Å². The molecule has 1 aliphatic carbocycles. The minimum Gasteiger partial charge on any atom is -0.385 e. The van der Waals surface area contributed by atoms with Crippen LogP contribution in [0.15, 0.2) is 24.3 Å². The third kappa shape index (κ3) is 2.50. The molecule has 19 heavy (non-hydrogen) atoms. The van der Waals surface area contributed by atoms with E-state index < -0.39 is 22.8 Å². The largest absolute Gasteiger partial charge is 0.416 e. The van der Waals surface area contributed by atoms with Gasteiger partial charge in [0.1, 0.15) is 0 Å². The van der Waals surface area contributed by atoms with Crippen molar-refractivity contribution in [3.05, 3.63) is 35.4 Å². The molecule has 1 nitrogen and oxygen atoms in total. The number of aliphatic hydroxyl groups is 1. The molecule has 1 saturated carbocycles. The second-order valence-corrected chi connectivity index (χ2v) is 6.03. The second-order valence-electron chi connectivity index (χ2n) is 6.03. The van der Waals surface area contributed by atoms with Gasteiger partial charge in [0.05, 0.1) is 11.2 Å². The summed E-state index contributed by atoms with van der Waals surface area (Å²) in [6, 6.07) is 5.11. The second kappa shape index (κ2) is 4.51. The van der Waals surface area contributed by atoms with Crippen LogP contribution < -0.4 is 0 Å². The molecule has 106 valence electrons. The normalized spacial score (nSPS) is 27.3. The highest BCUT2D eigenvalue weighted by Crippen LogP contribution is 2.50. The van der Waals surface area contributed by atoms with Crippen LogP contribution in [0.4, 0.5) is 13.2 Å². The van der Waals surface area contributed by atoms with E-state index in [1.165, 1.54) is 6.07 Å². The Balaban J connectivity index is 2.46. The molecule has 1 aromatic rings. The summed E-state index contributed by atoms with van der Waals surface area (Å²) in [6.07, 6.45) is -1.18. The molecule has 1 unspecified atom stereocenters. The number of benzene rings is 1. The Morgan fingerprint density at radius 1 is 1.11 bits per heavy atom. The third-order valence-electron chi connectivity index (χ3n) is 4.38. The van der Waals surface area contributed by atoms with Crippen molar-refractivity contribution >= 4 is 0 Å². The first kappa shape index (κ1) is 14.4. The topological polar surface area (TPSA) is 20.2 Å². The van der Waals surface area contributed by atoms with E-state index in [0.29, 0.717) is 12.0 Å². The van der Waals surface area contributed by atoms with Gasteiger partial charge < -0.3 is 5.11 Å². The zero-order chi connectivity index (χ0) is 14.3. The van der Waals surface area contributed by atoms with Crippen LogP contribution in [-0.2, 0) is 11.8 Å². The van der Waals surface area contributed by atoms with Gasteiger partial charge in [0.2, 0.25) is 0 Å². The summed E-state index contributed by atoms with van der Waals surface area (Å²) >= 11 is 0. The molecular weight excluding hydrogens is 253 g/mol. The molecule has 0 radical (unpaired) electrons. The fourth-order valence-electron chi connectivity index (χ4n) is 2.98. The Labute approximate surface area is 111 Å². The van der Waals surface area contributed by atoms with Gasteiger partial charge in [-0.05, 0) is 36.0 Å². The number of halogens is 3. The van der Waals surface area contributed by atoms with Crippen LogP contribution in [-0.4, -0.2) is 5.11 Å². The van der Waals surface area contributed by atoms with E-state index in [-0.39, 0.29) is 0 Å². The van der Waals surface area contributed by atoms with E-state index in [4.69, 9.17) is 0 Å². The molecule has 0 saturated heterocycles. The SMILES string of the molecule is CC1(C)CCCCC1(O)c1cccc(C(F)(F)F)c1. The van der Waals surface area contributed by atoms with Gasteiger partial charge in [0, 0.05) is 0 Å². The number of hydrogen-bond acceptors (Lipinski definition) is 1. The van der Waals surface area contributed by atoms with Crippen molar-refractivity contribution in [1.29, 1.82) is 0 Å². The summed E-state index contributed by atoms with van der Waals surface area (Å²) in [5, 5.41) is 10.9. The Morgan fingerprint density at radius 2 is 1.74 bits per heavy atom. The van der Waals surface area contributed by atoms with Crippen LogP contribution in [0.3, 0.4) is 0 Å². The summed E-state index contributed by atoms with van der Waals surface area (Å²) in [7, 11) is 0. The Hall–Kier alpha value is -1.03. The fraction of sp³-hybridized carbons (Fsp3) is 0.600. The van der Waals surface area contributed by atoms with Crippen LogP contribution in [0.25, 0.3) is 0 Å². The lowest BCUT2D eigenvalue weighted by Gasteiger charge is -2.47. The first-order valence-corrected chi connectivity index (χ1v) is 6.57. The predicted octanol–water partition coefficient (Wildman–Crippen LogP) is 4.49. The summed E-state index contributed by atoms with van der Waals surface area (Å²) in [5.74, 6) is 0. The van der Waals surface area contributed by atoms with Crippen molar-refractivity contribution in [2.24, 2.45) is 5.41 Å². The van der Waals surface area contributed by atoms with Crippen LogP contribution in [0.5, 0.6) is 0 Å². The van der Waals surface area contributed by atoms with Crippen molar-refractivity contribution in [2.45, 2.75) is 51.3 Å². The Bertz CT molecular complexity index is 465.